The Morgan fingerprint density at radius 3 is 2.10 bits per heavy atom. The number of hydrogen-bond donors (Lipinski definition) is 0. The lowest BCUT2D eigenvalue weighted by atomic mass is 10.0. The fourth-order valence-electron chi connectivity index (χ4n) is 3.13. The normalized spacial score (nSPS) is 10.1. The van der Waals surface area contributed by atoms with Crippen LogP contribution in [-0.4, -0.2) is 22.0 Å². The van der Waals surface area contributed by atoms with E-state index in [4.69, 9.17) is 9.47 Å². The number of hydrogen-bond acceptors (Lipinski definition) is 5. The number of rotatable bonds is 10. The largest absolute Gasteiger partial charge is 0.489 e. The van der Waals surface area contributed by atoms with Crippen molar-refractivity contribution in [1.82, 2.24) is 15.4 Å². The Labute approximate surface area is 180 Å². The molecule has 3 rings (SSSR count). The van der Waals surface area contributed by atoms with Gasteiger partial charge in [0.15, 0.2) is 11.5 Å². The van der Waals surface area contributed by atoms with Gasteiger partial charge in [0.05, 0.1) is 19.0 Å². The summed E-state index contributed by atoms with van der Waals surface area (Å²) in [6.45, 7) is 7.36. The molecule has 0 spiro atoms. The smallest absolute Gasteiger partial charge is 0.169 e. The van der Waals surface area contributed by atoms with Crippen LogP contribution in [0.5, 0.6) is 17.2 Å². The molecule has 0 aliphatic rings. The minimum absolute atomic E-state index is 0.755. The molecule has 0 amide bonds. The molecule has 30 heavy (non-hydrogen) atoms. The summed E-state index contributed by atoms with van der Waals surface area (Å²) in [4.78, 5) is 0. The second kappa shape index (κ2) is 14.1. The molecule has 0 aliphatic heterocycles. The zero-order chi connectivity index (χ0) is 21.4. The van der Waals surface area contributed by atoms with Crippen molar-refractivity contribution in [1.29, 1.82) is 0 Å². The van der Waals surface area contributed by atoms with E-state index in [1.165, 1.54) is 30.4 Å². The third-order valence-corrected chi connectivity index (χ3v) is 4.68. The Bertz CT molecular complexity index is 800. The molecule has 0 fully saturated rings. The Kier molecular flexibility index (Phi) is 11.0. The molecule has 0 N–H and O–H groups in total. The highest BCUT2D eigenvalue weighted by Gasteiger charge is 2.15. The van der Waals surface area contributed by atoms with E-state index in [1.54, 1.807) is 18.5 Å². The first-order chi connectivity index (χ1) is 14.8. The summed E-state index contributed by atoms with van der Waals surface area (Å²) in [7, 11) is 0. The summed E-state index contributed by atoms with van der Waals surface area (Å²) in [5.74, 6) is 2.60. The molecular weight excluding hydrogens is 374 g/mol. The minimum atomic E-state index is 0.755. The van der Waals surface area contributed by atoms with Gasteiger partial charge in [-0.25, -0.2) is 0 Å². The van der Waals surface area contributed by atoms with Crippen molar-refractivity contribution in [3.05, 3.63) is 72.1 Å². The molecule has 5 nitrogen and oxygen atoms in total. The summed E-state index contributed by atoms with van der Waals surface area (Å²) in [6.07, 6.45) is 9.96. The van der Waals surface area contributed by atoms with Gasteiger partial charge in [-0.15, -0.1) is 10.2 Å². The minimum Gasteiger partial charge on any atom is -0.489 e. The van der Waals surface area contributed by atoms with Crippen LogP contribution in [0, 0.1) is 0 Å². The zero-order valence-corrected chi connectivity index (χ0v) is 18.4. The van der Waals surface area contributed by atoms with E-state index in [9.17, 15) is 0 Å². The highest BCUT2D eigenvalue weighted by Crippen LogP contribution is 2.37. The Hall–Kier alpha value is -2.95. The third kappa shape index (κ3) is 7.82. The molecule has 0 atom stereocenters. The molecule has 3 aromatic rings. The van der Waals surface area contributed by atoms with Gasteiger partial charge in [0.1, 0.15) is 5.75 Å². The highest BCUT2D eigenvalue weighted by molar-refractivity contribution is 5.52. The van der Waals surface area contributed by atoms with Crippen LogP contribution < -0.4 is 9.47 Å². The maximum absolute atomic E-state index is 6.20. The SMILES string of the molecule is CCCCCCOc1c(Oc2ccccc2)ccc(CC)c1CC.c1cnnnc1. The van der Waals surface area contributed by atoms with E-state index >= 15 is 0 Å². The molecule has 0 saturated heterocycles. The molecule has 1 aromatic heterocycles. The molecule has 2 aromatic carbocycles. The Morgan fingerprint density at radius 1 is 0.767 bits per heavy atom. The number of unbranched alkanes of at least 4 members (excludes halogenated alkanes) is 3. The first kappa shape index (κ1) is 23.3. The molecule has 0 saturated carbocycles. The van der Waals surface area contributed by atoms with Crippen LogP contribution >= 0.6 is 0 Å². The molecule has 160 valence electrons. The third-order valence-electron chi connectivity index (χ3n) is 4.68. The average molecular weight is 408 g/mol. The maximum Gasteiger partial charge on any atom is 0.169 e. The summed E-state index contributed by atoms with van der Waals surface area (Å²) in [5, 5.41) is 10.1. The maximum atomic E-state index is 6.20. The average Bonchev–Trinajstić information content (AvgIpc) is 2.81. The summed E-state index contributed by atoms with van der Waals surface area (Å²) in [6, 6.07) is 15.9. The molecule has 0 bridgehead atoms. The lowest BCUT2D eigenvalue weighted by molar-refractivity contribution is 0.288. The van der Waals surface area contributed by atoms with Crippen molar-refractivity contribution in [2.45, 2.75) is 59.3 Å². The molecule has 5 heteroatoms. The van der Waals surface area contributed by atoms with Crippen molar-refractivity contribution >= 4 is 0 Å². The Balaban J connectivity index is 0.000000456. The number of para-hydroxylation sites is 1. The van der Waals surface area contributed by atoms with Crippen LogP contribution in [0.15, 0.2) is 60.9 Å². The fraction of sp³-hybridized carbons (Fsp3) is 0.400. The number of aromatic nitrogens is 3. The van der Waals surface area contributed by atoms with E-state index in [0.717, 1.165) is 43.1 Å². The first-order valence-electron chi connectivity index (χ1n) is 10.9. The zero-order valence-electron chi connectivity index (χ0n) is 18.4. The predicted molar refractivity (Wildman–Crippen MR) is 121 cm³/mol. The van der Waals surface area contributed by atoms with Crippen LogP contribution in [0.4, 0.5) is 0 Å². The molecule has 0 radical (unpaired) electrons. The van der Waals surface area contributed by atoms with Gasteiger partial charge in [0, 0.05) is 5.56 Å². The van der Waals surface area contributed by atoms with Crippen LogP contribution in [0.1, 0.15) is 57.6 Å². The van der Waals surface area contributed by atoms with E-state index < -0.39 is 0 Å². The molecule has 0 unspecified atom stereocenters. The quantitative estimate of drug-likeness (QED) is 0.362. The van der Waals surface area contributed by atoms with Crippen LogP contribution in [0.25, 0.3) is 0 Å². The lowest BCUT2D eigenvalue weighted by Crippen LogP contribution is -2.04. The summed E-state index contributed by atoms with van der Waals surface area (Å²) >= 11 is 0. The van der Waals surface area contributed by atoms with Crippen LogP contribution in [0.2, 0.25) is 0 Å². The van der Waals surface area contributed by atoms with Crippen molar-refractivity contribution in [2.75, 3.05) is 6.61 Å². The van der Waals surface area contributed by atoms with Gasteiger partial charge in [-0.05, 0) is 54.3 Å². The number of benzene rings is 2. The van der Waals surface area contributed by atoms with Gasteiger partial charge in [0.2, 0.25) is 0 Å². The second-order valence-electron chi connectivity index (χ2n) is 6.87. The number of nitrogens with zero attached hydrogens (tertiary/aromatic N) is 3. The van der Waals surface area contributed by atoms with Crippen molar-refractivity contribution < 1.29 is 9.47 Å². The standard InChI is InChI=1S/C22H30O2.C3H3N3/c1-4-7-8-12-17-23-22-20(6-3)18(5-2)15-16-21(22)24-19-13-10-9-11-14-19;1-2-4-6-5-3-1/h9-11,13-16H,4-8,12,17H2,1-3H3;1-3H. The van der Waals surface area contributed by atoms with Gasteiger partial charge in [-0.2, -0.15) is 0 Å². The molecular formula is C25H33N3O2. The summed E-state index contributed by atoms with van der Waals surface area (Å²) < 4.78 is 12.3. The number of aryl methyl sites for hydroxylation is 1. The topological polar surface area (TPSA) is 57.1 Å². The summed E-state index contributed by atoms with van der Waals surface area (Å²) in [5.41, 5.74) is 2.63. The monoisotopic (exact) mass is 407 g/mol. The van der Waals surface area contributed by atoms with Crippen LogP contribution in [0.3, 0.4) is 0 Å². The van der Waals surface area contributed by atoms with Gasteiger partial charge >= 0.3 is 0 Å². The van der Waals surface area contributed by atoms with E-state index in [0.29, 0.717) is 0 Å². The van der Waals surface area contributed by atoms with Crippen molar-refractivity contribution in [3.63, 3.8) is 0 Å². The fourth-order valence-corrected chi connectivity index (χ4v) is 3.13. The molecule has 1 heterocycles. The van der Waals surface area contributed by atoms with Gasteiger partial charge < -0.3 is 9.47 Å². The van der Waals surface area contributed by atoms with Crippen LogP contribution in [-0.2, 0) is 12.8 Å². The highest BCUT2D eigenvalue weighted by atomic mass is 16.5. The molecule has 0 aliphatic carbocycles. The van der Waals surface area contributed by atoms with Gasteiger partial charge in [-0.1, -0.05) is 64.3 Å². The Morgan fingerprint density at radius 2 is 1.53 bits per heavy atom. The lowest BCUT2D eigenvalue weighted by Gasteiger charge is -2.18. The van der Waals surface area contributed by atoms with Gasteiger partial charge in [0.25, 0.3) is 0 Å². The second-order valence-corrected chi connectivity index (χ2v) is 6.87. The van der Waals surface area contributed by atoms with Gasteiger partial charge in [-0.3, -0.25) is 0 Å². The van der Waals surface area contributed by atoms with E-state index in [-0.39, 0.29) is 0 Å². The van der Waals surface area contributed by atoms with E-state index in [1.807, 2.05) is 36.4 Å². The predicted octanol–water partition coefficient (Wildman–Crippen LogP) is 6.43. The van der Waals surface area contributed by atoms with Crippen molar-refractivity contribution in [3.8, 4) is 17.2 Å². The van der Waals surface area contributed by atoms with Crippen molar-refractivity contribution in [2.24, 2.45) is 0 Å². The number of ether oxygens (including phenoxy) is 2. The first-order valence-corrected chi connectivity index (χ1v) is 10.9. The van der Waals surface area contributed by atoms with E-state index in [2.05, 4.69) is 42.2 Å².